The summed E-state index contributed by atoms with van der Waals surface area (Å²) in [6, 6.07) is 26.4. The first-order valence-electron chi connectivity index (χ1n) is 36.9. The van der Waals surface area contributed by atoms with Crippen molar-refractivity contribution < 1.29 is 145 Å². The number of aliphatic hydroxyl groups is 6. The summed E-state index contributed by atoms with van der Waals surface area (Å²) in [7, 11) is 0. The molecule has 3 saturated heterocycles. The molecule has 0 bridgehead atoms. The molecule has 5 aromatic rings. The third kappa shape index (κ3) is 29.9. The van der Waals surface area contributed by atoms with E-state index in [9.17, 15) is 38.3 Å². The van der Waals surface area contributed by atoms with Crippen LogP contribution in [-0.4, -0.2) is 256 Å². The zero-order chi connectivity index (χ0) is 86.1. The Labute approximate surface area is 726 Å². The van der Waals surface area contributed by atoms with Crippen LogP contribution in [-0.2, 0) is 71.3 Å². The minimum atomic E-state index is -1.41. The minimum absolute atomic E-state index is 0.0617. The number of hydrogen-bond donors (Lipinski definition) is 7. The standard InChI is InChI=1S/C13H12BrNO3.C12H12BrNO3.C12H11BrO4.C12H11BrO3.C9H12O5.C7H4BrFO.C7H10O3.C5H10O5.C5H8O2/c1-13-10-4-5-16-12(13)18-15-11(13)8-6-7(14)2-3-9(8)17-10;13-10-3-4-12(9(6-10)7-14-15)17-11-2-1-5-16-8-11;13-6-1-2-9-7(3-6)12(15)11-8(14)4-16-5-10(11)17-9;13-10-3-4-12(9(6-10)7-14)16-11-2-1-5-15-8-11;1-6(10)13-8-3-4-12-5-9(8)14-7(2)11;8-6-1-2-7(9)5(3-6)4-10;1-6(8)10-7-3-2-4-9-5-7;6-2-1-10-5(9)4(8)3(2)7;6-5-2-1-3-7-4-5/h2-3,6,10,12H,4-5H2,1H3;1-4,6-7,11,15H,5,8H2;1-3,8,10-11,14H,4-5H2;1-4,6-7,11H,5,8H2;3-4,8-9H,5H2,1-2H3;1-4H;2-3,7H,4-5H2,1H3;2-9H,1H2;1-2,5-6H,3-4H2/b;14-7+;;;;;;;/t10-,12-,13+;11-;;11-;8-,9-;;7-;2-,3+,4-,5?;5-/m01.10.101/s1. The van der Waals surface area contributed by atoms with Crippen molar-refractivity contribution in [3.8, 4) is 23.0 Å². The number of aliphatic hydroxyl groups excluding tert-OH is 6. The monoisotopic (exact) mass is 1980 g/mol. The molecule has 0 spiro atoms. The van der Waals surface area contributed by atoms with Gasteiger partial charge in [0.05, 0.1) is 127 Å². The van der Waals surface area contributed by atoms with Crippen molar-refractivity contribution in [2.24, 2.45) is 21.6 Å². The molecule has 11 aliphatic heterocycles. The van der Waals surface area contributed by atoms with Crippen molar-refractivity contribution in [1.29, 1.82) is 0 Å². The van der Waals surface area contributed by atoms with Gasteiger partial charge in [0.25, 0.3) is 0 Å². The largest absolute Gasteiger partial charge is 0.497 e. The summed E-state index contributed by atoms with van der Waals surface area (Å²) in [5.41, 5.74) is 3.49. The van der Waals surface area contributed by atoms with Crippen LogP contribution < -0.4 is 18.9 Å². The number of fused-ring (bicyclic) bond motifs is 4. The van der Waals surface area contributed by atoms with Crippen LogP contribution in [0.1, 0.15) is 76.3 Å². The molecule has 644 valence electrons. The highest BCUT2D eigenvalue weighted by atomic mass is 79.9. The Morgan fingerprint density at radius 1 is 0.555 bits per heavy atom. The van der Waals surface area contributed by atoms with Gasteiger partial charge in [0.15, 0.2) is 36.9 Å². The number of rotatable bonds is 10. The quantitative estimate of drug-likeness (QED) is 0.0130. The highest BCUT2D eigenvalue weighted by Crippen LogP contribution is 2.50. The molecule has 37 heteroatoms. The van der Waals surface area contributed by atoms with E-state index in [0.29, 0.717) is 111 Å². The molecule has 5 aromatic carbocycles. The first kappa shape index (κ1) is 96.4. The molecular weight excluding hydrogens is 1900 g/mol. The first-order valence-corrected chi connectivity index (χ1v) is 40.9. The lowest BCUT2D eigenvalue weighted by atomic mass is 9.72. The van der Waals surface area contributed by atoms with Crippen LogP contribution in [0.3, 0.4) is 0 Å². The van der Waals surface area contributed by atoms with E-state index in [-0.39, 0.29) is 85.5 Å². The van der Waals surface area contributed by atoms with Crippen LogP contribution in [0.4, 0.5) is 4.39 Å². The molecule has 4 unspecified atom stereocenters. The van der Waals surface area contributed by atoms with Gasteiger partial charge in [-0.05, 0) is 122 Å². The number of nitrogens with zero attached hydrogens (tertiary/aromatic N) is 2. The maximum atomic E-state index is 12.5. The van der Waals surface area contributed by atoms with Gasteiger partial charge in [0.2, 0.25) is 6.29 Å². The lowest BCUT2D eigenvalue weighted by molar-refractivity contribution is -0.252. The Hall–Kier alpha value is -8.03. The van der Waals surface area contributed by atoms with Crippen LogP contribution in [0.5, 0.6) is 23.0 Å². The molecule has 0 aromatic heterocycles. The van der Waals surface area contributed by atoms with E-state index >= 15 is 0 Å². The van der Waals surface area contributed by atoms with Gasteiger partial charge in [-0.25, -0.2) is 4.39 Å². The van der Waals surface area contributed by atoms with Gasteiger partial charge >= 0.3 is 17.9 Å². The summed E-state index contributed by atoms with van der Waals surface area (Å²) in [6.45, 7) is 11.9. The fourth-order valence-corrected chi connectivity index (χ4v) is 14.0. The molecule has 0 aliphatic carbocycles. The van der Waals surface area contributed by atoms with Crippen molar-refractivity contribution in [2.75, 3.05) is 85.9 Å². The fourth-order valence-electron chi connectivity index (χ4n) is 12.2. The third-order valence-electron chi connectivity index (χ3n) is 17.9. The van der Waals surface area contributed by atoms with Gasteiger partial charge in [-0.2, -0.15) is 0 Å². The fraction of sp³-hybridized carbons (Fsp3) is 0.415. The lowest BCUT2D eigenvalue weighted by Crippen LogP contribution is -2.56. The number of hydrogen-bond acceptors (Lipinski definition) is 31. The van der Waals surface area contributed by atoms with Crippen molar-refractivity contribution >= 4 is 128 Å². The molecule has 0 saturated carbocycles. The van der Waals surface area contributed by atoms with Crippen molar-refractivity contribution in [3.05, 3.63) is 208 Å². The molecule has 3 fully saturated rings. The molecule has 119 heavy (non-hydrogen) atoms. The number of carbonyl (C=O) groups excluding carboxylic acids is 6. The van der Waals surface area contributed by atoms with Crippen LogP contribution in [0.25, 0.3) is 0 Å². The number of benzene rings is 5. The molecule has 0 amide bonds. The van der Waals surface area contributed by atoms with E-state index < -0.39 is 66.6 Å². The molecule has 11 heterocycles. The van der Waals surface area contributed by atoms with Crippen molar-refractivity contribution in [1.82, 2.24) is 0 Å². The Bertz CT molecular complexity index is 4410. The number of oxime groups is 2. The zero-order valence-electron chi connectivity index (χ0n) is 64.5. The molecule has 31 nitrogen and oxygen atoms in total. The van der Waals surface area contributed by atoms with Crippen LogP contribution >= 0.6 is 79.6 Å². The topological polar surface area (TPSA) is 416 Å². The second-order valence-corrected chi connectivity index (χ2v) is 31.5. The first-order chi connectivity index (χ1) is 57.1. The number of ether oxygens (including phenoxy) is 15. The van der Waals surface area contributed by atoms with E-state index in [1.54, 1.807) is 42.5 Å². The maximum absolute atomic E-state index is 12.5. The number of Topliss-reactive ketones (excluding diaryl/α,β-unsaturated/α-hetero) is 1. The number of carbonyl (C=O) groups is 6. The van der Waals surface area contributed by atoms with E-state index in [4.69, 9.17) is 102 Å². The summed E-state index contributed by atoms with van der Waals surface area (Å²) in [4.78, 5) is 70.5. The normalized spacial score (nSPS) is 27.1. The average Bonchev–Trinajstić information content (AvgIpc) is 1.60. The number of esters is 3. The molecule has 16 atom stereocenters. The number of ketones is 1. The second kappa shape index (κ2) is 49.2. The number of aldehydes is 2. The lowest BCUT2D eigenvalue weighted by Gasteiger charge is -2.44. The minimum Gasteiger partial charge on any atom is -0.497 e. The second-order valence-electron chi connectivity index (χ2n) is 26.9. The number of halogens is 6. The predicted molar refractivity (Wildman–Crippen MR) is 441 cm³/mol. The molecule has 16 rings (SSSR count). The van der Waals surface area contributed by atoms with Gasteiger partial charge in [0, 0.05) is 60.7 Å². The SMILES string of the molecule is CC(=O)O[C@@H]1C=CCOC1.CC(=O)O[C@H]1C=COC[C@@H]1OC(C)=O.C[C@@]12C3=NO[C@@H]1OCC[C@@H]2Oc1ccc(Br)cc13.O/N=C/c1cc(Br)ccc1O[C@@H]1C=CCOC1.O=C1c2cc(Br)ccc2OC2COCC(O)C12.O=Cc1cc(Br)ccc1F.O=Cc1cc(Br)ccc1O[C@@H]1C=CCOC1.OC1OC[C@H](O)[C@@H](O)[C@@H]1O.O[C@@H]1C=CCOC1. The summed E-state index contributed by atoms with van der Waals surface area (Å²) in [6.07, 6.45) is 12.9. The third-order valence-corrected chi connectivity index (χ3v) is 20.4. The highest BCUT2D eigenvalue weighted by molar-refractivity contribution is 9.11. The summed E-state index contributed by atoms with van der Waals surface area (Å²) in [5.74, 6) is 0.522. The van der Waals surface area contributed by atoms with E-state index in [0.717, 1.165) is 47.6 Å². The van der Waals surface area contributed by atoms with E-state index in [1.165, 1.54) is 45.4 Å². The summed E-state index contributed by atoms with van der Waals surface area (Å²) >= 11 is 16.6. The van der Waals surface area contributed by atoms with Gasteiger partial charge < -0.3 is 112 Å². The Balaban J connectivity index is 0.000000169. The maximum Gasteiger partial charge on any atom is 0.303 e. The van der Waals surface area contributed by atoms with Gasteiger partial charge in [-0.1, -0.05) is 120 Å². The summed E-state index contributed by atoms with van der Waals surface area (Å²) < 4.78 is 95.4. The van der Waals surface area contributed by atoms with E-state index in [1.807, 2.05) is 91.1 Å². The molecule has 0 radical (unpaired) electrons. The molecule has 11 aliphatic rings. The molecular formula is C82H90Br5FN2O29. The Kier molecular flexibility index (Phi) is 39.8. The van der Waals surface area contributed by atoms with Gasteiger partial charge in [-0.15, -0.1) is 0 Å². The highest BCUT2D eigenvalue weighted by Gasteiger charge is 2.59. The zero-order valence-corrected chi connectivity index (χ0v) is 72.4. The Morgan fingerprint density at radius 3 is 1.61 bits per heavy atom. The van der Waals surface area contributed by atoms with Crippen molar-refractivity contribution in [3.63, 3.8) is 0 Å². The summed E-state index contributed by atoms with van der Waals surface area (Å²) in [5, 5.41) is 69.7. The Morgan fingerprint density at radius 2 is 1.08 bits per heavy atom. The van der Waals surface area contributed by atoms with Crippen LogP contribution in [0.2, 0.25) is 0 Å². The predicted octanol–water partition coefficient (Wildman–Crippen LogP) is 9.93. The molecule has 7 N–H and O–H groups in total. The van der Waals surface area contributed by atoms with Crippen molar-refractivity contribution in [2.45, 2.75) is 120 Å². The average molecular weight is 1990 g/mol. The van der Waals surface area contributed by atoms with Gasteiger partial charge in [-0.3, -0.25) is 28.8 Å². The smallest absolute Gasteiger partial charge is 0.303 e. The van der Waals surface area contributed by atoms with E-state index in [2.05, 4.69) is 102 Å². The van der Waals surface area contributed by atoms with Crippen LogP contribution in [0.15, 0.2) is 185 Å². The van der Waals surface area contributed by atoms with Gasteiger partial charge in [0.1, 0.15) is 95.4 Å². The van der Waals surface area contributed by atoms with Crippen LogP contribution in [0, 0.1) is 17.2 Å².